The molecule has 0 spiro atoms. The minimum Gasteiger partial charge on any atom is -0.444 e. The summed E-state index contributed by atoms with van der Waals surface area (Å²) in [5.74, 6) is 1.63. The van der Waals surface area contributed by atoms with E-state index in [0.29, 0.717) is 11.3 Å². The van der Waals surface area contributed by atoms with Gasteiger partial charge in [0.25, 0.3) is 5.91 Å². The van der Waals surface area contributed by atoms with Crippen LogP contribution in [0.1, 0.15) is 23.2 Å². The Balaban J connectivity index is 1.32. The Morgan fingerprint density at radius 3 is 2.52 bits per heavy atom. The molecule has 1 amide bonds. The normalized spacial score (nSPS) is 14.9. The summed E-state index contributed by atoms with van der Waals surface area (Å²) in [5, 5.41) is 3.14. The molecule has 6 nitrogen and oxygen atoms in total. The molecule has 1 N–H and O–H groups in total. The van der Waals surface area contributed by atoms with E-state index in [2.05, 4.69) is 36.1 Å². The van der Waals surface area contributed by atoms with Crippen molar-refractivity contribution in [3.8, 4) is 11.3 Å². The fourth-order valence-corrected chi connectivity index (χ4v) is 3.46. The van der Waals surface area contributed by atoms with Crippen LogP contribution < -0.4 is 10.2 Å². The van der Waals surface area contributed by atoms with Gasteiger partial charge in [-0.3, -0.25) is 4.79 Å². The van der Waals surface area contributed by atoms with Crippen LogP contribution in [0, 0.1) is 0 Å². The number of piperidine rings is 1. The van der Waals surface area contributed by atoms with Crippen LogP contribution in [0.5, 0.6) is 0 Å². The lowest BCUT2D eigenvalue weighted by atomic mass is 10.0. The highest BCUT2D eigenvalue weighted by Crippen LogP contribution is 2.21. The fourth-order valence-electron chi connectivity index (χ4n) is 3.22. The van der Waals surface area contributed by atoms with Crippen molar-refractivity contribution in [2.45, 2.75) is 18.9 Å². The van der Waals surface area contributed by atoms with Gasteiger partial charge in [-0.1, -0.05) is 12.1 Å². The highest BCUT2D eigenvalue weighted by atomic mass is 79.9. The van der Waals surface area contributed by atoms with Crippen LogP contribution >= 0.6 is 15.9 Å². The molecule has 27 heavy (non-hydrogen) atoms. The van der Waals surface area contributed by atoms with Crippen LogP contribution in [-0.2, 0) is 0 Å². The van der Waals surface area contributed by atoms with Crippen LogP contribution in [-0.4, -0.2) is 35.0 Å². The van der Waals surface area contributed by atoms with Gasteiger partial charge in [-0.2, -0.15) is 0 Å². The Labute approximate surface area is 165 Å². The van der Waals surface area contributed by atoms with Gasteiger partial charge in [-0.25, -0.2) is 9.97 Å². The number of hydrogen-bond donors (Lipinski definition) is 1. The van der Waals surface area contributed by atoms with Gasteiger partial charge in [0.15, 0.2) is 12.2 Å². The molecule has 0 unspecified atom stereocenters. The van der Waals surface area contributed by atoms with Crippen LogP contribution in [0.15, 0.2) is 64.1 Å². The smallest absolute Gasteiger partial charge is 0.251 e. The Morgan fingerprint density at radius 2 is 1.89 bits per heavy atom. The van der Waals surface area contributed by atoms with E-state index < -0.39 is 0 Å². The van der Waals surface area contributed by atoms with Gasteiger partial charge in [0.1, 0.15) is 5.82 Å². The number of pyridine rings is 1. The number of carbonyl (C=O) groups is 1. The van der Waals surface area contributed by atoms with E-state index in [9.17, 15) is 4.79 Å². The SMILES string of the molecule is O=C(NC1CCN(c2ccc(Br)cn2)CC1)c1ccc(-c2cnco2)cc1. The first-order chi connectivity index (χ1) is 13.2. The molecule has 1 aliphatic rings. The molecule has 138 valence electrons. The van der Waals surface area contributed by atoms with E-state index in [0.717, 1.165) is 41.8 Å². The van der Waals surface area contributed by atoms with Gasteiger partial charge in [-0.05, 0) is 53.0 Å². The third kappa shape index (κ3) is 4.19. The summed E-state index contributed by atoms with van der Waals surface area (Å²) in [7, 11) is 0. The number of aromatic nitrogens is 2. The summed E-state index contributed by atoms with van der Waals surface area (Å²) in [6.07, 6.45) is 6.67. The third-order valence-electron chi connectivity index (χ3n) is 4.73. The minimum absolute atomic E-state index is 0.0423. The molecule has 1 fully saturated rings. The second-order valence-corrected chi connectivity index (χ2v) is 7.43. The predicted molar refractivity (Wildman–Crippen MR) is 107 cm³/mol. The Hall–Kier alpha value is -2.67. The van der Waals surface area contributed by atoms with Gasteiger partial charge in [0.2, 0.25) is 0 Å². The second-order valence-electron chi connectivity index (χ2n) is 6.51. The number of nitrogens with zero attached hydrogens (tertiary/aromatic N) is 3. The Bertz CT molecular complexity index is 887. The van der Waals surface area contributed by atoms with Crippen molar-refractivity contribution in [2.24, 2.45) is 0 Å². The summed E-state index contributed by atoms with van der Waals surface area (Å²) in [5.41, 5.74) is 1.55. The summed E-state index contributed by atoms with van der Waals surface area (Å²) >= 11 is 3.41. The lowest BCUT2D eigenvalue weighted by molar-refractivity contribution is 0.0931. The average molecular weight is 427 g/mol. The number of anilines is 1. The largest absolute Gasteiger partial charge is 0.444 e. The van der Waals surface area contributed by atoms with Crippen molar-refractivity contribution >= 4 is 27.7 Å². The number of carbonyl (C=O) groups excluding carboxylic acids is 1. The molecule has 4 rings (SSSR count). The lowest BCUT2D eigenvalue weighted by Gasteiger charge is -2.33. The molecule has 0 aliphatic carbocycles. The van der Waals surface area contributed by atoms with E-state index in [4.69, 9.17) is 4.42 Å². The monoisotopic (exact) mass is 426 g/mol. The quantitative estimate of drug-likeness (QED) is 0.684. The van der Waals surface area contributed by atoms with Gasteiger partial charge >= 0.3 is 0 Å². The van der Waals surface area contributed by atoms with Crippen LogP contribution in [0.2, 0.25) is 0 Å². The second kappa shape index (κ2) is 7.92. The number of oxazole rings is 1. The summed E-state index contributed by atoms with van der Waals surface area (Å²) < 4.78 is 6.25. The molecular weight excluding hydrogens is 408 g/mol. The van der Waals surface area contributed by atoms with E-state index >= 15 is 0 Å². The number of rotatable bonds is 4. The topological polar surface area (TPSA) is 71.3 Å². The zero-order valence-electron chi connectivity index (χ0n) is 14.6. The van der Waals surface area contributed by atoms with Gasteiger partial charge < -0.3 is 14.6 Å². The first-order valence-corrected chi connectivity index (χ1v) is 9.64. The number of halogens is 1. The molecular formula is C20H19BrN4O2. The van der Waals surface area contributed by atoms with Crippen molar-refractivity contribution in [1.29, 1.82) is 0 Å². The predicted octanol–water partition coefficient (Wildman–Crippen LogP) is 3.90. The van der Waals surface area contributed by atoms with Crippen molar-refractivity contribution in [3.05, 3.63) is 65.2 Å². The maximum absolute atomic E-state index is 12.5. The fraction of sp³-hybridized carbons (Fsp3) is 0.250. The van der Waals surface area contributed by atoms with Gasteiger partial charge in [0, 0.05) is 40.9 Å². The molecule has 2 aromatic heterocycles. The Morgan fingerprint density at radius 1 is 1.11 bits per heavy atom. The van der Waals surface area contributed by atoms with Crippen molar-refractivity contribution in [2.75, 3.05) is 18.0 Å². The molecule has 3 heterocycles. The van der Waals surface area contributed by atoms with E-state index in [1.807, 2.05) is 42.6 Å². The number of benzene rings is 1. The van der Waals surface area contributed by atoms with E-state index in [1.54, 1.807) is 6.20 Å². The van der Waals surface area contributed by atoms with Crippen LogP contribution in [0.4, 0.5) is 5.82 Å². The zero-order chi connectivity index (χ0) is 18.6. The molecule has 1 saturated heterocycles. The molecule has 1 aromatic carbocycles. The number of amides is 1. The lowest BCUT2D eigenvalue weighted by Crippen LogP contribution is -2.44. The molecule has 1 aliphatic heterocycles. The molecule has 7 heteroatoms. The summed E-state index contributed by atoms with van der Waals surface area (Å²) in [4.78, 5) is 23.1. The zero-order valence-corrected chi connectivity index (χ0v) is 16.2. The minimum atomic E-state index is -0.0423. The van der Waals surface area contributed by atoms with Crippen LogP contribution in [0.3, 0.4) is 0 Å². The molecule has 0 radical (unpaired) electrons. The van der Waals surface area contributed by atoms with Crippen molar-refractivity contribution in [3.63, 3.8) is 0 Å². The first kappa shape index (κ1) is 17.7. The standard InChI is InChI=1S/C20H19BrN4O2/c21-16-5-6-19(23-11-16)25-9-7-17(8-10-25)24-20(26)15-3-1-14(2-4-15)18-12-22-13-27-18/h1-6,11-13,17H,7-10H2,(H,24,26). The first-order valence-electron chi connectivity index (χ1n) is 8.85. The highest BCUT2D eigenvalue weighted by Gasteiger charge is 2.22. The Kier molecular flexibility index (Phi) is 5.20. The number of hydrogen-bond acceptors (Lipinski definition) is 5. The van der Waals surface area contributed by atoms with Gasteiger partial charge in [-0.15, -0.1) is 0 Å². The maximum atomic E-state index is 12.5. The van der Waals surface area contributed by atoms with Crippen molar-refractivity contribution < 1.29 is 9.21 Å². The number of nitrogens with one attached hydrogen (secondary N) is 1. The third-order valence-corrected chi connectivity index (χ3v) is 5.20. The molecule has 0 atom stereocenters. The molecule has 3 aromatic rings. The van der Waals surface area contributed by atoms with Gasteiger partial charge in [0.05, 0.1) is 6.20 Å². The molecule has 0 saturated carbocycles. The summed E-state index contributed by atoms with van der Waals surface area (Å²) in [6, 6.07) is 11.6. The van der Waals surface area contributed by atoms with Crippen molar-refractivity contribution in [1.82, 2.24) is 15.3 Å². The van der Waals surface area contributed by atoms with E-state index in [-0.39, 0.29) is 11.9 Å². The van der Waals surface area contributed by atoms with Crippen LogP contribution in [0.25, 0.3) is 11.3 Å². The maximum Gasteiger partial charge on any atom is 0.251 e. The van der Waals surface area contributed by atoms with E-state index in [1.165, 1.54) is 6.39 Å². The molecule has 0 bridgehead atoms. The summed E-state index contributed by atoms with van der Waals surface area (Å²) in [6.45, 7) is 1.76. The average Bonchev–Trinajstić information content (AvgIpc) is 3.24. The highest BCUT2D eigenvalue weighted by molar-refractivity contribution is 9.10.